The maximum atomic E-state index is 14.2. The summed E-state index contributed by atoms with van der Waals surface area (Å²) < 4.78 is 40.6. The zero-order chi connectivity index (χ0) is 20.4. The van der Waals surface area contributed by atoms with Crippen LogP contribution in [0.25, 0.3) is 10.4 Å². The molecular weight excluding hydrogens is 403 g/mol. The Morgan fingerprint density at radius 2 is 1.79 bits per heavy atom. The summed E-state index contributed by atoms with van der Waals surface area (Å²) in [6.45, 7) is 1.88. The quantitative estimate of drug-likeness (QED) is 0.461. The van der Waals surface area contributed by atoms with Crippen LogP contribution in [0.15, 0.2) is 58.8 Å². The standard InChI is InChI=1S/C24H25FO2S2/c1-17-10-11-19(22(25)14-17)15-18-6-5-7-20(16-18)23-12-13-24(28-23)29(26,27)21-8-3-2-4-9-21/h5-7,10-14,16,21H,2-4,8-9,15H2,1H3. The molecule has 0 radical (unpaired) electrons. The van der Waals surface area contributed by atoms with Crippen LogP contribution >= 0.6 is 11.3 Å². The van der Waals surface area contributed by atoms with E-state index in [-0.39, 0.29) is 11.1 Å². The van der Waals surface area contributed by atoms with Gasteiger partial charge in [-0.25, -0.2) is 12.8 Å². The van der Waals surface area contributed by atoms with Gasteiger partial charge in [0.05, 0.1) is 5.25 Å². The predicted molar refractivity (Wildman–Crippen MR) is 118 cm³/mol. The van der Waals surface area contributed by atoms with Crippen molar-refractivity contribution >= 4 is 21.2 Å². The summed E-state index contributed by atoms with van der Waals surface area (Å²) in [7, 11) is -3.25. The van der Waals surface area contributed by atoms with Gasteiger partial charge in [0.15, 0.2) is 9.84 Å². The van der Waals surface area contributed by atoms with Crippen LogP contribution in [-0.2, 0) is 16.3 Å². The van der Waals surface area contributed by atoms with Gasteiger partial charge in [-0.2, -0.15) is 0 Å². The lowest BCUT2D eigenvalue weighted by Gasteiger charge is -2.20. The summed E-state index contributed by atoms with van der Waals surface area (Å²) in [5.41, 5.74) is 3.56. The van der Waals surface area contributed by atoms with E-state index in [9.17, 15) is 12.8 Å². The Hall–Kier alpha value is -1.98. The van der Waals surface area contributed by atoms with Gasteiger partial charge in [0.1, 0.15) is 10.0 Å². The van der Waals surface area contributed by atoms with Crippen LogP contribution in [0, 0.1) is 12.7 Å². The molecule has 0 aliphatic heterocycles. The Labute approximate surface area is 176 Å². The Bertz CT molecular complexity index is 1110. The first-order valence-electron chi connectivity index (χ1n) is 10.1. The lowest BCUT2D eigenvalue weighted by Crippen LogP contribution is -2.23. The molecule has 0 unspecified atom stereocenters. The van der Waals surface area contributed by atoms with E-state index in [1.54, 1.807) is 12.1 Å². The largest absolute Gasteiger partial charge is 0.223 e. The number of sulfone groups is 1. The molecule has 5 heteroatoms. The van der Waals surface area contributed by atoms with E-state index in [1.807, 2.05) is 49.4 Å². The molecule has 2 aromatic carbocycles. The van der Waals surface area contributed by atoms with E-state index in [0.717, 1.165) is 53.7 Å². The summed E-state index contributed by atoms with van der Waals surface area (Å²) in [5.74, 6) is -0.188. The molecular formula is C24H25FO2S2. The van der Waals surface area contributed by atoms with Gasteiger partial charge in [0, 0.05) is 11.3 Å². The first kappa shape index (κ1) is 20.3. The second kappa shape index (κ2) is 8.41. The van der Waals surface area contributed by atoms with Crippen molar-refractivity contribution in [2.75, 3.05) is 0 Å². The second-order valence-electron chi connectivity index (χ2n) is 7.90. The van der Waals surface area contributed by atoms with Gasteiger partial charge >= 0.3 is 0 Å². The fraction of sp³-hybridized carbons (Fsp3) is 0.333. The van der Waals surface area contributed by atoms with Crippen molar-refractivity contribution < 1.29 is 12.8 Å². The zero-order valence-electron chi connectivity index (χ0n) is 16.5. The number of thiophene rings is 1. The summed E-state index contributed by atoms with van der Waals surface area (Å²) in [5, 5.41) is -0.237. The third-order valence-electron chi connectivity index (χ3n) is 5.67. The molecule has 3 aromatic rings. The highest BCUT2D eigenvalue weighted by Gasteiger charge is 2.30. The molecule has 1 saturated carbocycles. The number of rotatable bonds is 5. The fourth-order valence-electron chi connectivity index (χ4n) is 4.02. The predicted octanol–water partition coefficient (Wildman–Crippen LogP) is 6.56. The molecule has 0 N–H and O–H groups in total. The van der Waals surface area contributed by atoms with Gasteiger partial charge in [-0.05, 0) is 60.2 Å². The molecule has 0 saturated heterocycles. The van der Waals surface area contributed by atoms with Crippen LogP contribution in [0.5, 0.6) is 0 Å². The summed E-state index contributed by atoms with van der Waals surface area (Å²) in [4.78, 5) is 0.936. The van der Waals surface area contributed by atoms with E-state index in [0.29, 0.717) is 16.2 Å². The SMILES string of the molecule is Cc1ccc(Cc2cccc(-c3ccc(S(=O)(=O)C4CCCCC4)s3)c2)c(F)c1. The number of halogens is 1. The minimum atomic E-state index is -3.25. The molecule has 1 aliphatic rings. The molecule has 1 fully saturated rings. The third-order valence-corrected chi connectivity index (χ3v) is 9.59. The minimum Gasteiger partial charge on any atom is -0.223 e. The average Bonchev–Trinajstić information content (AvgIpc) is 3.22. The van der Waals surface area contributed by atoms with Crippen molar-refractivity contribution in [3.63, 3.8) is 0 Å². The highest BCUT2D eigenvalue weighted by molar-refractivity contribution is 7.94. The van der Waals surface area contributed by atoms with Crippen molar-refractivity contribution in [1.82, 2.24) is 0 Å². The lowest BCUT2D eigenvalue weighted by molar-refractivity contribution is 0.484. The summed E-state index contributed by atoms with van der Waals surface area (Å²) in [6.07, 6.45) is 5.19. The zero-order valence-corrected chi connectivity index (χ0v) is 18.2. The van der Waals surface area contributed by atoms with Crippen LogP contribution in [0.4, 0.5) is 4.39 Å². The lowest BCUT2D eigenvalue weighted by atomic mass is 10.0. The first-order chi connectivity index (χ1) is 13.9. The van der Waals surface area contributed by atoms with Crippen LogP contribution in [0.2, 0.25) is 0 Å². The molecule has 0 amide bonds. The highest BCUT2D eigenvalue weighted by Crippen LogP contribution is 2.36. The van der Waals surface area contributed by atoms with E-state index in [2.05, 4.69) is 0 Å². The Morgan fingerprint density at radius 1 is 1.00 bits per heavy atom. The van der Waals surface area contributed by atoms with Crippen molar-refractivity contribution in [1.29, 1.82) is 0 Å². The van der Waals surface area contributed by atoms with Crippen LogP contribution in [-0.4, -0.2) is 13.7 Å². The minimum absolute atomic E-state index is 0.188. The molecule has 152 valence electrons. The van der Waals surface area contributed by atoms with Gasteiger partial charge in [-0.15, -0.1) is 11.3 Å². The van der Waals surface area contributed by atoms with E-state index in [1.165, 1.54) is 11.3 Å². The maximum absolute atomic E-state index is 14.2. The highest BCUT2D eigenvalue weighted by atomic mass is 32.2. The van der Waals surface area contributed by atoms with Gasteiger partial charge in [0.2, 0.25) is 0 Å². The molecule has 2 nitrogen and oxygen atoms in total. The van der Waals surface area contributed by atoms with Crippen molar-refractivity contribution in [3.05, 3.63) is 77.1 Å². The molecule has 0 spiro atoms. The monoisotopic (exact) mass is 428 g/mol. The summed E-state index contributed by atoms with van der Waals surface area (Å²) in [6, 6.07) is 16.9. The number of aryl methyl sites for hydroxylation is 1. The van der Waals surface area contributed by atoms with Crippen LogP contribution < -0.4 is 0 Å². The molecule has 0 bridgehead atoms. The first-order valence-corrected chi connectivity index (χ1v) is 12.5. The van der Waals surface area contributed by atoms with E-state index < -0.39 is 9.84 Å². The second-order valence-corrected chi connectivity index (χ2v) is 11.4. The fourth-order valence-corrected chi connectivity index (χ4v) is 7.43. The molecule has 29 heavy (non-hydrogen) atoms. The van der Waals surface area contributed by atoms with E-state index in [4.69, 9.17) is 0 Å². The van der Waals surface area contributed by atoms with Crippen molar-refractivity contribution in [2.45, 2.75) is 54.9 Å². The molecule has 1 heterocycles. The van der Waals surface area contributed by atoms with Gasteiger partial charge in [0.25, 0.3) is 0 Å². The Morgan fingerprint density at radius 3 is 2.55 bits per heavy atom. The molecule has 1 aliphatic carbocycles. The average molecular weight is 429 g/mol. The topological polar surface area (TPSA) is 34.1 Å². The molecule has 1 aromatic heterocycles. The molecule has 4 rings (SSSR count). The maximum Gasteiger partial charge on any atom is 0.190 e. The smallest absolute Gasteiger partial charge is 0.190 e. The van der Waals surface area contributed by atoms with Crippen molar-refractivity contribution in [3.8, 4) is 10.4 Å². The van der Waals surface area contributed by atoms with Crippen LogP contribution in [0.3, 0.4) is 0 Å². The van der Waals surface area contributed by atoms with Gasteiger partial charge in [-0.1, -0.05) is 55.7 Å². The normalized spacial score (nSPS) is 15.5. The summed E-state index contributed by atoms with van der Waals surface area (Å²) >= 11 is 1.34. The number of hydrogen-bond acceptors (Lipinski definition) is 3. The van der Waals surface area contributed by atoms with Gasteiger partial charge < -0.3 is 0 Å². The third kappa shape index (κ3) is 4.46. The van der Waals surface area contributed by atoms with Crippen molar-refractivity contribution in [2.24, 2.45) is 0 Å². The van der Waals surface area contributed by atoms with Crippen LogP contribution in [0.1, 0.15) is 48.8 Å². The Balaban J connectivity index is 1.57. The number of benzene rings is 2. The number of hydrogen-bond donors (Lipinski definition) is 0. The van der Waals surface area contributed by atoms with Gasteiger partial charge in [-0.3, -0.25) is 0 Å². The Kier molecular flexibility index (Phi) is 5.88. The molecule has 0 atom stereocenters. The van der Waals surface area contributed by atoms with E-state index >= 15 is 0 Å².